The molecule has 1 aromatic heterocycles. The highest BCUT2D eigenvalue weighted by Gasteiger charge is 2.24. The van der Waals surface area contributed by atoms with Crippen LogP contribution in [0.25, 0.3) is 5.69 Å². The third-order valence-corrected chi connectivity index (χ3v) is 4.25. The van der Waals surface area contributed by atoms with Crippen LogP contribution in [-0.2, 0) is 0 Å². The summed E-state index contributed by atoms with van der Waals surface area (Å²) in [5.41, 5.74) is 1.17. The molecule has 0 atom stereocenters. The van der Waals surface area contributed by atoms with E-state index in [1.165, 1.54) is 0 Å². The summed E-state index contributed by atoms with van der Waals surface area (Å²) in [6.45, 7) is 2.35. The van der Waals surface area contributed by atoms with Crippen LogP contribution in [0.4, 0.5) is 0 Å². The van der Waals surface area contributed by atoms with Crippen LogP contribution >= 0.6 is 0 Å². The van der Waals surface area contributed by atoms with Crippen LogP contribution in [0.2, 0.25) is 0 Å². The Morgan fingerprint density at radius 3 is 2.67 bits per heavy atom. The summed E-state index contributed by atoms with van der Waals surface area (Å²) in [6, 6.07) is 9.70. The first-order chi connectivity index (χ1) is 11.7. The van der Waals surface area contributed by atoms with Crippen molar-refractivity contribution in [3.63, 3.8) is 0 Å². The zero-order valence-corrected chi connectivity index (χ0v) is 13.8. The van der Waals surface area contributed by atoms with Gasteiger partial charge in [0.25, 0.3) is 5.91 Å². The second-order valence-corrected chi connectivity index (χ2v) is 6.03. The lowest BCUT2D eigenvalue weighted by Gasteiger charge is -2.25. The lowest BCUT2D eigenvalue weighted by molar-refractivity contribution is 0.0859. The average Bonchev–Trinajstić information content (AvgIpc) is 3.02. The van der Waals surface area contributed by atoms with Crippen LogP contribution < -0.4 is 10.1 Å². The van der Waals surface area contributed by atoms with Crippen molar-refractivity contribution >= 4 is 5.91 Å². The minimum absolute atomic E-state index is 0.0808. The van der Waals surface area contributed by atoms with E-state index in [4.69, 9.17) is 4.74 Å². The predicted molar refractivity (Wildman–Crippen MR) is 90.5 cm³/mol. The van der Waals surface area contributed by atoms with Gasteiger partial charge in [0.05, 0.1) is 24.6 Å². The Morgan fingerprint density at radius 2 is 2.00 bits per heavy atom. The van der Waals surface area contributed by atoms with Crippen LogP contribution in [0.1, 0.15) is 43.1 Å². The van der Waals surface area contributed by atoms with Gasteiger partial charge < -0.3 is 15.2 Å². The molecule has 0 spiro atoms. The molecule has 2 N–H and O–H groups in total. The van der Waals surface area contributed by atoms with Crippen molar-refractivity contribution in [2.75, 3.05) is 6.61 Å². The number of para-hydroxylation sites is 1. The topological polar surface area (TPSA) is 76.4 Å². The fourth-order valence-corrected chi connectivity index (χ4v) is 2.96. The Labute approximate surface area is 141 Å². The van der Waals surface area contributed by atoms with Gasteiger partial charge in [0.2, 0.25) is 0 Å². The van der Waals surface area contributed by atoms with Crippen LogP contribution in [-0.4, -0.2) is 39.5 Å². The first-order valence-corrected chi connectivity index (χ1v) is 8.44. The maximum atomic E-state index is 12.6. The summed E-state index contributed by atoms with van der Waals surface area (Å²) in [5.74, 6) is 0.254. The van der Waals surface area contributed by atoms with Crippen molar-refractivity contribution in [2.45, 2.75) is 44.8 Å². The summed E-state index contributed by atoms with van der Waals surface area (Å²) < 4.78 is 7.24. The monoisotopic (exact) mass is 329 g/mol. The highest BCUT2D eigenvalue weighted by molar-refractivity contribution is 5.95. The van der Waals surface area contributed by atoms with Gasteiger partial charge >= 0.3 is 0 Å². The average molecular weight is 329 g/mol. The molecule has 1 aliphatic rings. The van der Waals surface area contributed by atoms with Crippen molar-refractivity contribution in [1.82, 2.24) is 15.1 Å². The number of nitrogens with one attached hydrogen (secondary N) is 1. The van der Waals surface area contributed by atoms with E-state index in [9.17, 15) is 9.90 Å². The molecule has 0 unspecified atom stereocenters. The normalized spacial score (nSPS) is 20.6. The van der Waals surface area contributed by atoms with E-state index >= 15 is 0 Å². The smallest absolute Gasteiger partial charge is 0.275 e. The molecule has 0 bridgehead atoms. The summed E-state index contributed by atoms with van der Waals surface area (Å²) in [7, 11) is 0. The van der Waals surface area contributed by atoms with Gasteiger partial charge in [0.1, 0.15) is 0 Å². The quantitative estimate of drug-likeness (QED) is 0.882. The molecule has 1 fully saturated rings. The Hall–Kier alpha value is -2.34. The fourth-order valence-electron chi connectivity index (χ4n) is 2.96. The van der Waals surface area contributed by atoms with E-state index in [-0.39, 0.29) is 18.1 Å². The number of carbonyl (C=O) groups excluding carboxylic acids is 1. The molecule has 0 radical (unpaired) electrons. The highest BCUT2D eigenvalue weighted by Crippen LogP contribution is 2.22. The van der Waals surface area contributed by atoms with E-state index in [0.717, 1.165) is 31.4 Å². The Bertz CT molecular complexity index is 676. The first kappa shape index (κ1) is 16.5. The largest absolute Gasteiger partial charge is 0.490 e. The lowest BCUT2D eigenvalue weighted by atomic mass is 9.93. The molecule has 24 heavy (non-hydrogen) atoms. The molecule has 1 heterocycles. The molecule has 1 saturated carbocycles. The lowest BCUT2D eigenvalue weighted by Crippen LogP contribution is -2.38. The molecular weight excluding hydrogens is 306 g/mol. The van der Waals surface area contributed by atoms with Gasteiger partial charge in [0.15, 0.2) is 11.4 Å². The molecule has 2 aromatic rings. The number of hydrogen-bond donors (Lipinski definition) is 2. The maximum Gasteiger partial charge on any atom is 0.275 e. The van der Waals surface area contributed by atoms with Gasteiger partial charge in [0, 0.05) is 6.04 Å². The predicted octanol–water partition coefficient (Wildman–Crippen LogP) is 2.30. The number of aromatic nitrogens is 2. The van der Waals surface area contributed by atoms with E-state index < -0.39 is 0 Å². The van der Waals surface area contributed by atoms with E-state index in [1.54, 1.807) is 10.9 Å². The number of ether oxygens (including phenoxy) is 1. The number of hydrogen-bond acceptors (Lipinski definition) is 4. The van der Waals surface area contributed by atoms with Crippen molar-refractivity contribution < 1.29 is 14.6 Å². The standard InChI is InChI=1S/C18H23N3O3/c1-2-24-16-12-21(14-6-4-3-5-7-14)20-17(16)18(23)19-13-8-10-15(22)11-9-13/h3-7,12-13,15,22H,2,8-11H2,1H3,(H,19,23). The SMILES string of the molecule is CCOc1cn(-c2ccccc2)nc1C(=O)NC1CCC(O)CC1. The zero-order valence-electron chi connectivity index (χ0n) is 13.8. The molecule has 1 amide bonds. The van der Waals surface area contributed by atoms with Crippen LogP contribution in [0.5, 0.6) is 5.75 Å². The minimum Gasteiger partial charge on any atom is -0.490 e. The minimum atomic E-state index is -0.241. The second kappa shape index (κ2) is 7.49. The van der Waals surface area contributed by atoms with E-state index in [2.05, 4.69) is 10.4 Å². The third-order valence-electron chi connectivity index (χ3n) is 4.25. The number of carbonyl (C=O) groups is 1. The molecule has 3 rings (SSSR count). The van der Waals surface area contributed by atoms with E-state index in [1.807, 2.05) is 37.3 Å². The van der Waals surface area contributed by atoms with Crippen molar-refractivity contribution in [1.29, 1.82) is 0 Å². The Morgan fingerprint density at radius 1 is 1.29 bits per heavy atom. The molecule has 0 aliphatic heterocycles. The summed E-state index contributed by atoms with van der Waals surface area (Å²) in [6.07, 6.45) is 4.52. The summed E-state index contributed by atoms with van der Waals surface area (Å²) in [4.78, 5) is 12.6. The van der Waals surface area contributed by atoms with Gasteiger partial charge in [-0.1, -0.05) is 18.2 Å². The summed E-state index contributed by atoms with van der Waals surface area (Å²) in [5, 5.41) is 17.0. The van der Waals surface area contributed by atoms with Gasteiger partial charge in [-0.05, 0) is 44.7 Å². The number of amides is 1. The van der Waals surface area contributed by atoms with Crippen LogP contribution in [0.15, 0.2) is 36.5 Å². The van der Waals surface area contributed by atoms with Crippen LogP contribution in [0, 0.1) is 0 Å². The van der Waals surface area contributed by atoms with Gasteiger partial charge in [-0.15, -0.1) is 0 Å². The molecule has 0 saturated heterocycles. The van der Waals surface area contributed by atoms with Gasteiger partial charge in [-0.25, -0.2) is 4.68 Å². The fraction of sp³-hybridized carbons (Fsp3) is 0.444. The number of nitrogens with zero attached hydrogens (tertiary/aromatic N) is 2. The number of rotatable bonds is 5. The van der Waals surface area contributed by atoms with Gasteiger partial charge in [-0.3, -0.25) is 4.79 Å². The number of aliphatic hydroxyl groups is 1. The van der Waals surface area contributed by atoms with Crippen molar-refractivity contribution in [3.05, 3.63) is 42.2 Å². The third kappa shape index (κ3) is 3.76. The zero-order chi connectivity index (χ0) is 16.9. The first-order valence-electron chi connectivity index (χ1n) is 8.44. The molecule has 6 heteroatoms. The van der Waals surface area contributed by atoms with Crippen molar-refractivity contribution in [2.24, 2.45) is 0 Å². The second-order valence-electron chi connectivity index (χ2n) is 6.03. The molecule has 128 valence electrons. The van der Waals surface area contributed by atoms with E-state index in [0.29, 0.717) is 18.1 Å². The molecule has 1 aromatic carbocycles. The molecule has 1 aliphatic carbocycles. The summed E-state index contributed by atoms with van der Waals surface area (Å²) >= 11 is 0. The van der Waals surface area contributed by atoms with Gasteiger partial charge in [-0.2, -0.15) is 5.10 Å². The van der Waals surface area contributed by atoms with Crippen LogP contribution in [0.3, 0.4) is 0 Å². The van der Waals surface area contributed by atoms with Crippen molar-refractivity contribution in [3.8, 4) is 11.4 Å². The number of benzene rings is 1. The molecule has 6 nitrogen and oxygen atoms in total. The Kier molecular flexibility index (Phi) is 5.15. The number of aliphatic hydroxyl groups excluding tert-OH is 1. The molecular formula is C18H23N3O3. The Balaban J connectivity index is 1.78. The maximum absolute atomic E-state index is 12.6. The highest BCUT2D eigenvalue weighted by atomic mass is 16.5.